The number of pyridine rings is 1. The highest BCUT2D eigenvalue weighted by Crippen LogP contribution is 2.36. The Hall–Kier alpha value is -2.43. The summed E-state index contributed by atoms with van der Waals surface area (Å²) in [5, 5.41) is 10.2. The molecule has 0 bridgehead atoms. The number of imidazole rings is 1. The van der Waals surface area contributed by atoms with Crippen LogP contribution < -0.4 is 9.47 Å². The number of aliphatic hydroxyl groups excluding tert-OH is 1. The van der Waals surface area contributed by atoms with Crippen LogP contribution in [0.25, 0.3) is 0 Å². The fourth-order valence-electron chi connectivity index (χ4n) is 2.86. The first kappa shape index (κ1) is 23.2. The molecule has 0 saturated carbocycles. The Morgan fingerprint density at radius 1 is 1.10 bits per heavy atom. The van der Waals surface area contributed by atoms with Crippen LogP contribution in [-0.4, -0.2) is 33.9 Å². The van der Waals surface area contributed by atoms with Gasteiger partial charge in [-0.3, -0.25) is 0 Å². The predicted octanol–water partition coefficient (Wildman–Crippen LogP) is 4.85. The van der Waals surface area contributed by atoms with Crippen LogP contribution in [0.4, 0.5) is 13.2 Å². The third-order valence-corrected chi connectivity index (χ3v) is 5.89. The van der Waals surface area contributed by atoms with Gasteiger partial charge in [0.05, 0.1) is 43.3 Å². The molecular formula is C20H19ClF3N3O3S. The van der Waals surface area contributed by atoms with Crippen molar-refractivity contribution in [2.75, 3.05) is 14.2 Å². The maximum atomic E-state index is 12.8. The number of nitrogens with zero attached hydrogens (tertiary/aromatic N) is 3. The summed E-state index contributed by atoms with van der Waals surface area (Å²) in [5.41, 5.74) is 0.609. The highest BCUT2D eigenvalue weighted by Gasteiger charge is 2.31. The monoisotopic (exact) mass is 473 g/mol. The summed E-state index contributed by atoms with van der Waals surface area (Å²) in [4.78, 5) is 8.11. The second-order valence-corrected chi connectivity index (χ2v) is 7.76. The van der Waals surface area contributed by atoms with E-state index in [1.54, 1.807) is 24.9 Å². The number of aromatic nitrogens is 3. The van der Waals surface area contributed by atoms with Crippen LogP contribution in [-0.2, 0) is 25.7 Å². The molecule has 166 valence electrons. The number of hydrogen-bond acceptors (Lipinski definition) is 6. The van der Waals surface area contributed by atoms with Crippen LogP contribution in [0, 0.1) is 0 Å². The number of aryl methyl sites for hydroxylation is 1. The Morgan fingerprint density at radius 2 is 1.84 bits per heavy atom. The van der Waals surface area contributed by atoms with Crippen molar-refractivity contribution in [1.82, 2.24) is 14.5 Å². The van der Waals surface area contributed by atoms with E-state index in [0.29, 0.717) is 35.3 Å². The summed E-state index contributed by atoms with van der Waals surface area (Å²) in [6.45, 7) is 0.222. The molecule has 2 aromatic heterocycles. The van der Waals surface area contributed by atoms with E-state index >= 15 is 0 Å². The molecule has 0 spiro atoms. The lowest BCUT2D eigenvalue weighted by Gasteiger charge is -2.13. The molecule has 0 fully saturated rings. The van der Waals surface area contributed by atoms with Gasteiger partial charge in [0, 0.05) is 12.7 Å². The largest absolute Gasteiger partial charge is 0.493 e. The third-order valence-electron chi connectivity index (χ3n) is 4.46. The van der Waals surface area contributed by atoms with Crippen LogP contribution in [0.3, 0.4) is 0 Å². The lowest BCUT2D eigenvalue weighted by atomic mass is 10.1. The van der Waals surface area contributed by atoms with Gasteiger partial charge in [0.15, 0.2) is 16.7 Å². The zero-order valence-corrected chi connectivity index (χ0v) is 18.2. The van der Waals surface area contributed by atoms with E-state index in [1.807, 2.05) is 12.1 Å². The first-order chi connectivity index (χ1) is 14.8. The molecule has 0 aliphatic carbocycles. The van der Waals surface area contributed by atoms with Crippen molar-refractivity contribution in [1.29, 1.82) is 0 Å². The topological polar surface area (TPSA) is 69.4 Å². The summed E-state index contributed by atoms with van der Waals surface area (Å²) in [5.74, 6) is 1.22. The third kappa shape index (κ3) is 5.44. The molecule has 0 aliphatic heterocycles. The van der Waals surface area contributed by atoms with Crippen molar-refractivity contribution >= 4 is 23.4 Å². The Balaban J connectivity index is 1.81. The summed E-state index contributed by atoms with van der Waals surface area (Å²) in [6, 6.07) is 6.39. The van der Waals surface area contributed by atoms with Crippen molar-refractivity contribution in [3.8, 4) is 11.5 Å². The van der Waals surface area contributed by atoms with E-state index < -0.39 is 11.7 Å². The van der Waals surface area contributed by atoms with Gasteiger partial charge >= 0.3 is 6.18 Å². The smallest absolute Gasteiger partial charge is 0.417 e. The Bertz CT molecular complexity index is 1060. The van der Waals surface area contributed by atoms with Crippen molar-refractivity contribution < 1.29 is 27.8 Å². The molecule has 2 heterocycles. The second kappa shape index (κ2) is 9.80. The van der Waals surface area contributed by atoms with Crippen molar-refractivity contribution in [3.63, 3.8) is 0 Å². The Morgan fingerprint density at radius 3 is 2.45 bits per heavy atom. The van der Waals surface area contributed by atoms with Crippen LogP contribution in [0.1, 0.15) is 16.8 Å². The molecule has 0 amide bonds. The molecule has 1 aromatic carbocycles. The molecule has 0 aliphatic rings. The van der Waals surface area contributed by atoms with Gasteiger partial charge in [0.1, 0.15) is 5.03 Å². The van der Waals surface area contributed by atoms with Gasteiger partial charge in [0.2, 0.25) is 0 Å². The lowest BCUT2D eigenvalue weighted by molar-refractivity contribution is -0.137. The molecule has 6 nitrogen and oxygen atoms in total. The molecule has 0 unspecified atom stereocenters. The average molecular weight is 474 g/mol. The van der Waals surface area contributed by atoms with Crippen LogP contribution in [0.15, 0.2) is 46.8 Å². The van der Waals surface area contributed by atoms with E-state index in [1.165, 1.54) is 6.20 Å². The van der Waals surface area contributed by atoms with E-state index in [9.17, 15) is 18.3 Å². The lowest BCUT2D eigenvalue weighted by Crippen LogP contribution is -2.08. The maximum absolute atomic E-state index is 12.8. The van der Waals surface area contributed by atoms with Crippen molar-refractivity contribution in [3.05, 3.63) is 58.5 Å². The van der Waals surface area contributed by atoms with Crippen molar-refractivity contribution in [2.24, 2.45) is 0 Å². The molecule has 0 saturated heterocycles. The summed E-state index contributed by atoms with van der Waals surface area (Å²) in [6.07, 6.45) is -1.69. The number of rotatable bonds is 8. The number of halogens is 4. The molecule has 0 atom stereocenters. The molecule has 0 radical (unpaired) electrons. The van der Waals surface area contributed by atoms with Crippen LogP contribution in [0.5, 0.6) is 11.5 Å². The number of methoxy groups -OCH3 is 2. The van der Waals surface area contributed by atoms with Gasteiger partial charge in [-0.1, -0.05) is 17.7 Å². The number of hydrogen-bond donors (Lipinski definition) is 1. The quantitative estimate of drug-likeness (QED) is 0.504. The Labute approximate surface area is 186 Å². The first-order valence-electron chi connectivity index (χ1n) is 9.03. The highest BCUT2D eigenvalue weighted by atomic mass is 35.5. The summed E-state index contributed by atoms with van der Waals surface area (Å²) < 4.78 is 50.8. The minimum Gasteiger partial charge on any atom is -0.493 e. The fourth-order valence-corrected chi connectivity index (χ4v) is 4.00. The number of alkyl halides is 3. The average Bonchev–Trinajstić information content (AvgIpc) is 3.14. The van der Waals surface area contributed by atoms with Gasteiger partial charge in [0.25, 0.3) is 0 Å². The van der Waals surface area contributed by atoms with Gasteiger partial charge < -0.3 is 19.1 Å². The summed E-state index contributed by atoms with van der Waals surface area (Å²) in [7, 11) is 3.11. The SMILES string of the molecule is COc1ccc(CCn2c(CO)cnc2Sc2ncc(C(F)(F)F)cc2Cl)cc1OC. The zero-order valence-electron chi connectivity index (χ0n) is 16.6. The fraction of sp³-hybridized carbons (Fsp3) is 0.300. The molecule has 31 heavy (non-hydrogen) atoms. The maximum Gasteiger partial charge on any atom is 0.417 e. The van der Waals surface area contributed by atoms with Crippen LogP contribution in [0.2, 0.25) is 5.02 Å². The molecule has 1 N–H and O–H groups in total. The van der Waals surface area contributed by atoms with E-state index in [4.69, 9.17) is 21.1 Å². The molecular weight excluding hydrogens is 455 g/mol. The zero-order chi connectivity index (χ0) is 22.6. The van der Waals surface area contributed by atoms with E-state index in [-0.39, 0.29) is 16.7 Å². The van der Waals surface area contributed by atoms with Crippen molar-refractivity contribution in [2.45, 2.75) is 35.9 Å². The summed E-state index contributed by atoms with van der Waals surface area (Å²) >= 11 is 7.05. The number of benzene rings is 1. The van der Waals surface area contributed by atoms with Gasteiger partial charge in [-0.25, -0.2) is 9.97 Å². The second-order valence-electron chi connectivity index (χ2n) is 6.39. The van der Waals surface area contributed by atoms with Gasteiger partial charge in [-0.15, -0.1) is 0 Å². The predicted molar refractivity (Wildman–Crippen MR) is 110 cm³/mol. The van der Waals surface area contributed by atoms with E-state index in [0.717, 1.165) is 29.6 Å². The normalized spacial score (nSPS) is 11.6. The molecule has 11 heteroatoms. The first-order valence-corrected chi connectivity index (χ1v) is 10.2. The molecule has 3 aromatic rings. The van der Waals surface area contributed by atoms with Gasteiger partial charge in [-0.05, 0) is 41.9 Å². The standard InChI is InChI=1S/C20H19ClF3N3O3S/c1-29-16-4-3-12(7-17(16)30-2)5-6-27-14(11-28)10-26-19(27)31-18-15(21)8-13(9-25-18)20(22,23)24/h3-4,7-10,28H,5-6,11H2,1-2H3. The number of aliphatic hydroxyl groups is 1. The molecule has 3 rings (SSSR count). The Kier molecular flexibility index (Phi) is 7.34. The van der Waals surface area contributed by atoms with Gasteiger partial charge in [-0.2, -0.15) is 13.2 Å². The minimum atomic E-state index is -4.53. The van der Waals surface area contributed by atoms with Crippen LogP contribution >= 0.6 is 23.4 Å². The van der Waals surface area contributed by atoms with E-state index in [2.05, 4.69) is 9.97 Å². The number of ether oxygens (including phenoxy) is 2. The highest BCUT2D eigenvalue weighted by molar-refractivity contribution is 7.99. The minimum absolute atomic E-state index is 0.125.